The largest absolute Gasteiger partial charge is 0.481 e. The van der Waals surface area contributed by atoms with Gasteiger partial charge in [-0.2, -0.15) is 0 Å². The number of fused-ring (bicyclic) bond motifs is 1. The number of likely N-dealkylation sites (tertiary alicyclic amines) is 1. The Hall–Kier alpha value is -2.87. The van der Waals surface area contributed by atoms with E-state index in [-0.39, 0.29) is 23.9 Å². The van der Waals surface area contributed by atoms with Gasteiger partial charge in [-0.3, -0.25) is 9.59 Å². The maximum absolute atomic E-state index is 13.3. The van der Waals surface area contributed by atoms with E-state index in [1.54, 1.807) is 25.4 Å². The molecule has 166 valence electrons. The Morgan fingerprint density at radius 1 is 1.35 bits per heavy atom. The third kappa shape index (κ3) is 4.17. The highest BCUT2D eigenvalue weighted by Gasteiger charge is 2.32. The average molecular weight is 427 g/mol. The quantitative estimate of drug-likeness (QED) is 0.768. The number of pyridine rings is 1. The fraction of sp³-hybridized carbons (Fsp3) is 0.522. The van der Waals surface area contributed by atoms with Crippen LogP contribution in [0.5, 0.6) is 5.88 Å². The van der Waals surface area contributed by atoms with E-state index in [9.17, 15) is 9.59 Å². The fourth-order valence-corrected chi connectivity index (χ4v) is 4.46. The van der Waals surface area contributed by atoms with Crippen LogP contribution in [0.4, 0.5) is 0 Å². The van der Waals surface area contributed by atoms with Crippen molar-refractivity contribution in [2.24, 2.45) is 0 Å². The van der Waals surface area contributed by atoms with E-state index in [0.29, 0.717) is 43.3 Å². The summed E-state index contributed by atoms with van der Waals surface area (Å²) in [6, 6.07) is 5.46. The van der Waals surface area contributed by atoms with E-state index in [0.717, 1.165) is 30.6 Å². The standard InChI is InChI=1S/C23H30N4O4/c1-4-18(16-7-8-21(30-3)24-13-16)25-22(28)17-12-19(27-10-11-31-14-20(17)27)23(29)26-9-5-6-15(26)2/h7-8,12-13,15,18H,4-6,9-11,14H2,1-3H3,(H,25,28)/t15-,18+/m0/s1. The van der Waals surface area contributed by atoms with Crippen molar-refractivity contribution in [3.05, 3.63) is 46.9 Å². The van der Waals surface area contributed by atoms with E-state index in [1.807, 2.05) is 22.5 Å². The molecule has 1 fully saturated rings. The molecule has 0 unspecified atom stereocenters. The van der Waals surface area contributed by atoms with Crippen LogP contribution in [-0.2, 0) is 17.9 Å². The number of hydrogen-bond acceptors (Lipinski definition) is 5. The average Bonchev–Trinajstić information content (AvgIpc) is 3.41. The molecule has 0 radical (unpaired) electrons. The molecule has 1 N–H and O–H groups in total. The van der Waals surface area contributed by atoms with Crippen LogP contribution in [0.15, 0.2) is 24.4 Å². The number of nitrogens with one attached hydrogen (secondary N) is 1. The minimum atomic E-state index is -0.203. The predicted molar refractivity (Wildman–Crippen MR) is 115 cm³/mol. The molecule has 0 aliphatic carbocycles. The molecule has 2 amide bonds. The Balaban J connectivity index is 1.60. The minimum Gasteiger partial charge on any atom is -0.481 e. The molecule has 1 saturated heterocycles. The van der Waals surface area contributed by atoms with Gasteiger partial charge in [0, 0.05) is 31.4 Å². The number of ether oxygens (including phenoxy) is 2. The van der Waals surface area contributed by atoms with Crippen molar-refractivity contribution in [2.45, 2.75) is 58.3 Å². The number of hydrogen-bond donors (Lipinski definition) is 1. The molecule has 0 aromatic carbocycles. The van der Waals surface area contributed by atoms with Crippen molar-refractivity contribution in [3.8, 4) is 5.88 Å². The van der Waals surface area contributed by atoms with Gasteiger partial charge in [-0.25, -0.2) is 4.98 Å². The van der Waals surface area contributed by atoms with Gasteiger partial charge in [0.05, 0.1) is 37.6 Å². The molecule has 2 atom stereocenters. The first-order valence-electron chi connectivity index (χ1n) is 10.9. The normalized spacial score (nSPS) is 19.1. The number of carbonyl (C=O) groups is 2. The maximum atomic E-state index is 13.3. The van der Waals surface area contributed by atoms with Crippen molar-refractivity contribution in [1.29, 1.82) is 0 Å². The Morgan fingerprint density at radius 2 is 2.19 bits per heavy atom. The summed E-state index contributed by atoms with van der Waals surface area (Å²) in [5.41, 5.74) is 2.76. The van der Waals surface area contributed by atoms with E-state index >= 15 is 0 Å². The second kappa shape index (κ2) is 9.09. The van der Waals surface area contributed by atoms with Crippen molar-refractivity contribution >= 4 is 11.8 Å². The highest BCUT2D eigenvalue weighted by molar-refractivity contribution is 6.01. The van der Waals surface area contributed by atoms with Crippen LogP contribution >= 0.6 is 0 Å². The molecule has 2 aromatic rings. The van der Waals surface area contributed by atoms with Crippen LogP contribution in [0.3, 0.4) is 0 Å². The summed E-state index contributed by atoms with van der Waals surface area (Å²) in [6.45, 7) is 6.29. The van der Waals surface area contributed by atoms with Gasteiger partial charge in [-0.15, -0.1) is 0 Å². The van der Waals surface area contributed by atoms with E-state index in [4.69, 9.17) is 9.47 Å². The lowest BCUT2D eigenvalue weighted by Crippen LogP contribution is -2.35. The fourth-order valence-electron chi connectivity index (χ4n) is 4.46. The van der Waals surface area contributed by atoms with Gasteiger partial charge in [0.1, 0.15) is 5.69 Å². The Bertz CT molecular complexity index is 953. The summed E-state index contributed by atoms with van der Waals surface area (Å²) in [5.74, 6) is 0.326. The van der Waals surface area contributed by atoms with Gasteiger partial charge >= 0.3 is 0 Å². The molecule has 2 aliphatic rings. The molecule has 2 aliphatic heterocycles. The van der Waals surface area contributed by atoms with Crippen molar-refractivity contribution in [1.82, 2.24) is 19.8 Å². The first-order valence-corrected chi connectivity index (χ1v) is 10.9. The number of nitrogens with zero attached hydrogens (tertiary/aromatic N) is 3. The summed E-state index contributed by atoms with van der Waals surface area (Å²) >= 11 is 0. The molecule has 0 bridgehead atoms. The summed E-state index contributed by atoms with van der Waals surface area (Å²) in [4.78, 5) is 32.7. The SMILES string of the molecule is CC[C@@H](NC(=O)c1cc(C(=O)N2CCC[C@@H]2C)n2c1COCC2)c1ccc(OC)nc1. The van der Waals surface area contributed by atoms with E-state index < -0.39 is 0 Å². The van der Waals surface area contributed by atoms with Crippen LogP contribution in [0.25, 0.3) is 0 Å². The number of methoxy groups -OCH3 is 1. The third-order valence-electron chi connectivity index (χ3n) is 6.27. The topological polar surface area (TPSA) is 85.7 Å². The van der Waals surface area contributed by atoms with Gasteiger partial charge in [-0.05, 0) is 37.8 Å². The van der Waals surface area contributed by atoms with Crippen LogP contribution in [-0.4, -0.2) is 52.6 Å². The van der Waals surface area contributed by atoms with Crippen molar-refractivity contribution in [2.75, 3.05) is 20.3 Å². The molecule has 0 spiro atoms. The van der Waals surface area contributed by atoms with Gasteiger partial charge < -0.3 is 24.3 Å². The maximum Gasteiger partial charge on any atom is 0.270 e. The number of carbonyl (C=O) groups excluding carboxylic acids is 2. The summed E-state index contributed by atoms with van der Waals surface area (Å²) in [7, 11) is 1.57. The summed E-state index contributed by atoms with van der Waals surface area (Å²) in [5, 5.41) is 3.10. The first-order chi connectivity index (χ1) is 15.0. The lowest BCUT2D eigenvalue weighted by Gasteiger charge is -2.24. The minimum absolute atomic E-state index is 0.00130. The lowest BCUT2D eigenvalue weighted by atomic mass is 10.1. The Morgan fingerprint density at radius 3 is 2.84 bits per heavy atom. The van der Waals surface area contributed by atoms with Crippen molar-refractivity contribution < 1.29 is 19.1 Å². The van der Waals surface area contributed by atoms with Gasteiger partial charge in [0.15, 0.2) is 0 Å². The van der Waals surface area contributed by atoms with Gasteiger partial charge in [-0.1, -0.05) is 13.0 Å². The number of rotatable bonds is 6. The highest BCUT2D eigenvalue weighted by Crippen LogP contribution is 2.26. The Kier molecular flexibility index (Phi) is 6.27. The van der Waals surface area contributed by atoms with E-state index in [1.165, 1.54) is 0 Å². The zero-order chi connectivity index (χ0) is 22.0. The van der Waals surface area contributed by atoms with Crippen LogP contribution in [0, 0.1) is 0 Å². The molecule has 2 aromatic heterocycles. The van der Waals surface area contributed by atoms with Gasteiger partial charge in [0.2, 0.25) is 5.88 Å². The predicted octanol–water partition coefficient (Wildman–Crippen LogP) is 2.93. The summed E-state index contributed by atoms with van der Waals surface area (Å²) < 4.78 is 12.7. The molecular formula is C23H30N4O4. The van der Waals surface area contributed by atoms with Crippen molar-refractivity contribution in [3.63, 3.8) is 0 Å². The van der Waals surface area contributed by atoms with Gasteiger partial charge in [0.25, 0.3) is 11.8 Å². The highest BCUT2D eigenvalue weighted by atomic mass is 16.5. The smallest absolute Gasteiger partial charge is 0.270 e. The molecular weight excluding hydrogens is 396 g/mol. The Labute approximate surface area is 182 Å². The molecule has 0 saturated carbocycles. The summed E-state index contributed by atoms with van der Waals surface area (Å²) in [6.07, 6.45) is 4.47. The molecule has 31 heavy (non-hydrogen) atoms. The van der Waals surface area contributed by atoms with Crippen LogP contribution < -0.4 is 10.1 Å². The zero-order valence-corrected chi connectivity index (χ0v) is 18.4. The lowest BCUT2D eigenvalue weighted by molar-refractivity contribution is 0.0683. The number of amides is 2. The molecule has 8 heteroatoms. The number of aromatic nitrogens is 2. The van der Waals surface area contributed by atoms with E-state index in [2.05, 4.69) is 17.2 Å². The van der Waals surface area contributed by atoms with Crippen LogP contribution in [0.2, 0.25) is 0 Å². The monoisotopic (exact) mass is 426 g/mol. The molecule has 8 nitrogen and oxygen atoms in total. The first kappa shape index (κ1) is 21.4. The zero-order valence-electron chi connectivity index (χ0n) is 18.4. The molecule has 4 rings (SSSR count). The molecule has 4 heterocycles. The van der Waals surface area contributed by atoms with Crippen LogP contribution in [0.1, 0.15) is 71.3 Å². The third-order valence-corrected chi connectivity index (χ3v) is 6.27. The second-order valence-corrected chi connectivity index (χ2v) is 8.15. The second-order valence-electron chi connectivity index (χ2n) is 8.15.